The number of hydrogen-bond donors (Lipinski definition) is 3. The van der Waals surface area contributed by atoms with Crippen LogP contribution in [0.2, 0.25) is 0 Å². The zero-order valence-electron chi connectivity index (χ0n) is 10.6. The fourth-order valence-corrected chi connectivity index (χ4v) is 1.70. The molecule has 3 N–H and O–H groups in total. The van der Waals surface area contributed by atoms with E-state index in [-0.39, 0.29) is 12.3 Å². The van der Waals surface area contributed by atoms with Gasteiger partial charge in [0.05, 0.1) is 5.75 Å². The van der Waals surface area contributed by atoms with Crippen LogP contribution in [0.3, 0.4) is 0 Å². The third-order valence-corrected chi connectivity index (χ3v) is 3.15. The summed E-state index contributed by atoms with van der Waals surface area (Å²) in [4.78, 5) is 22.2. The molecule has 18 heavy (non-hydrogen) atoms. The van der Waals surface area contributed by atoms with E-state index in [1.807, 2.05) is 6.92 Å². The number of hydrogen-bond acceptors (Lipinski definition) is 4. The van der Waals surface area contributed by atoms with Crippen LogP contribution in [0.15, 0.2) is 0 Å². The third-order valence-electron chi connectivity index (χ3n) is 2.21. The Morgan fingerprint density at radius 1 is 1.33 bits per heavy atom. The molecule has 2 amide bonds. The minimum absolute atomic E-state index is 0.0369. The van der Waals surface area contributed by atoms with Crippen LogP contribution in [0.25, 0.3) is 0 Å². The molecule has 0 radical (unpaired) electrons. The Bertz CT molecular complexity index is 380. The predicted molar refractivity (Wildman–Crippen MR) is 67.2 cm³/mol. The zero-order valence-corrected chi connectivity index (χ0v) is 11.4. The number of carbonyl (C=O) groups is 2. The SMILES string of the molecule is CCCCC(NC(=O)NCCS(C)(=O)=O)C(=O)O. The highest BCUT2D eigenvalue weighted by molar-refractivity contribution is 7.90. The number of rotatable bonds is 8. The number of carbonyl (C=O) groups excluding carboxylic acids is 1. The Labute approximate surface area is 107 Å². The fourth-order valence-electron chi connectivity index (χ4n) is 1.22. The Hall–Kier alpha value is -1.31. The summed E-state index contributed by atoms with van der Waals surface area (Å²) in [6, 6.07) is -1.61. The number of unbranched alkanes of at least 4 members (excludes halogenated alkanes) is 1. The molecule has 106 valence electrons. The quantitative estimate of drug-likeness (QED) is 0.578. The number of sulfone groups is 1. The summed E-state index contributed by atoms with van der Waals surface area (Å²) in [7, 11) is -3.14. The molecule has 8 heteroatoms. The summed E-state index contributed by atoms with van der Waals surface area (Å²) in [5.74, 6) is -1.27. The molecule has 0 aliphatic heterocycles. The molecular weight excluding hydrogens is 260 g/mol. The van der Waals surface area contributed by atoms with Gasteiger partial charge in [0.2, 0.25) is 0 Å². The molecule has 1 atom stereocenters. The van der Waals surface area contributed by atoms with Gasteiger partial charge in [-0.1, -0.05) is 19.8 Å². The number of nitrogens with one attached hydrogen (secondary N) is 2. The second-order valence-electron chi connectivity index (χ2n) is 4.06. The lowest BCUT2D eigenvalue weighted by Gasteiger charge is -2.14. The molecule has 0 aromatic rings. The summed E-state index contributed by atoms with van der Waals surface area (Å²) in [6.07, 6.45) is 2.95. The van der Waals surface area contributed by atoms with Crippen LogP contribution in [0.5, 0.6) is 0 Å². The molecule has 0 aliphatic rings. The first-order valence-corrected chi connectivity index (χ1v) is 7.77. The van der Waals surface area contributed by atoms with Gasteiger partial charge >= 0.3 is 12.0 Å². The Morgan fingerprint density at radius 2 is 1.94 bits per heavy atom. The van der Waals surface area contributed by atoms with E-state index in [4.69, 9.17) is 5.11 Å². The number of urea groups is 1. The first kappa shape index (κ1) is 16.7. The van der Waals surface area contributed by atoms with E-state index in [1.165, 1.54) is 0 Å². The monoisotopic (exact) mass is 280 g/mol. The highest BCUT2D eigenvalue weighted by Crippen LogP contribution is 2.00. The van der Waals surface area contributed by atoms with E-state index in [1.54, 1.807) is 0 Å². The maximum absolute atomic E-state index is 11.3. The maximum Gasteiger partial charge on any atom is 0.326 e. The smallest absolute Gasteiger partial charge is 0.326 e. The Kier molecular flexibility index (Phi) is 7.33. The van der Waals surface area contributed by atoms with Crippen molar-refractivity contribution in [3.8, 4) is 0 Å². The Balaban J connectivity index is 4.06. The van der Waals surface area contributed by atoms with Crippen molar-refractivity contribution in [1.82, 2.24) is 10.6 Å². The molecule has 7 nitrogen and oxygen atoms in total. The molecule has 0 bridgehead atoms. The van der Waals surface area contributed by atoms with E-state index >= 15 is 0 Å². The van der Waals surface area contributed by atoms with Gasteiger partial charge in [-0.3, -0.25) is 0 Å². The first-order chi connectivity index (χ1) is 8.26. The number of aliphatic carboxylic acids is 1. The minimum atomic E-state index is -3.14. The van der Waals surface area contributed by atoms with E-state index < -0.39 is 27.9 Å². The van der Waals surface area contributed by atoms with Crippen molar-refractivity contribution in [2.45, 2.75) is 32.2 Å². The summed E-state index contributed by atoms with van der Waals surface area (Å²) in [6.45, 7) is 1.88. The second kappa shape index (κ2) is 7.91. The highest BCUT2D eigenvalue weighted by atomic mass is 32.2. The van der Waals surface area contributed by atoms with Gasteiger partial charge in [0.15, 0.2) is 0 Å². The lowest BCUT2D eigenvalue weighted by molar-refractivity contribution is -0.139. The molecule has 0 fully saturated rings. The van der Waals surface area contributed by atoms with Gasteiger partial charge < -0.3 is 15.7 Å². The predicted octanol–water partition coefficient (Wildman–Crippen LogP) is -0.0264. The first-order valence-electron chi connectivity index (χ1n) is 5.71. The van der Waals surface area contributed by atoms with Gasteiger partial charge in [0, 0.05) is 12.8 Å². The van der Waals surface area contributed by atoms with Gasteiger partial charge in [0.1, 0.15) is 15.9 Å². The summed E-state index contributed by atoms with van der Waals surface area (Å²) < 4.78 is 21.6. The minimum Gasteiger partial charge on any atom is -0.480 e. The van der Waals surface area contributed by atoms with E-state index in [9.17, 15) is 18.0 Å². The van der Waals surface area contributed by atoms with Gasteiger partial charge in [-0.2, -0.15) is 0 Å². The second-order valence-corrected chi connectivity index (χ2v) is 6.32. The summed E-state index contributed by atoms with van der Waals surface area (Å²) in [5, 5.41) is 13.5. The highest BCUT2D eigenvalue weighted by Gasteiger charge is 2.18. The molecule has 0 rings (SSSR count). The number of carboxylic acids is 1. The van der Waals surface area contributed by atoms with Crippen LogP contribution in [0.1, 0.15) is 26.2 Å². The van der Waals surface area contributed by atoms with Crippen LogP contribution in [0, 0.1) is 0 Å². The van der Waals surface area contributed by atoms with Gasteiger partial charge in [-0.15, -0.1) is 0 Å². The van der Waals surface area contributed by atoms with Crippen molar-refractivity contribution in [3.05, 3.63) is 0 Å². The molecular formula is C10H20N2O5S. The van der Waals surface area contributed by atoms with Crippen LogP contribution in [0.4, 0.5) is 4.79 Å². The van der Waals surface area contributed by atoms with Crippen molar-refractivity contribution in [1.29, 1.82) is 0 Å². The number of carboxylic acid groups (broad SMARTS) is 1. The zero-order chi connectivity index (χ0) is 14.2. The van der Waals surface area contributed by atoms with Crippen LogP contribution < -0.4 is 10.6 Å². The molecule has 1 unspecified atom stereocenters. The van der Waals surface area contributed by atoms with Crippen LogP contribution in [-0.2, 0) is 14.6 Å². The van der Waals surface area contributed by atoms with E-state index in [2.05, 4.69) is 10.6 Å². The molecule has 0 aromatic carbocycles. The van der Waals surface area contributed by atoms with Crippen molar-refractivity contribution >= 4 is 21.8 Å². The summed E-state index contributed by atoms with van der Waals surface area (Å²) >= 11 is 0. The van der Waals surface area contributed by atoms with Gasteiger partial charge in [0.25, 0.3) is 0 Å². The normalized spacial score (nSPS) is 12.8. The summed E-state index contributed by atoms with van der Waals surface area (Å²) in [5.41, 5.74) is 0. The van der Waals surface area contributed by atoms with Crippen molar-refractivity contribution in [2.75, 3.05) is 18.6 Å². The molecule has 0 aliphatic carbocycles. The lowest BCUT2D eigenvalue weighted by atomic mass is 10.1. The molecule has 0 saturated carbocycles. The van der Waals surface area contributed by atoms with E-state index in [0.29, 0.717) is 12.8 Å². The Morgan fingerprint density at radius 3 is 2.39 bits per heavy atom. The fraction of sp³-hybridized carbons (Fsp3) is 0.800. The maximum atomic E-state index is 11.3. The van der Waals surface area contributed by atoms with Crippen molar-refractivity contribution in [3.63, 3.8) is 0 Å². The molecule has 0 aromatic heterocycles. The molecule has 0 spiro atoms. The van der Waals surface area contributed by atoms with Crippen molar-refractivity contribution < 1.29 is 23.1 Å². The van der Waals surface area contributed by atoms with Gasteiger partial charge in [-0.05, 0) is 6.42 Å². The van der Waals surface area contributed by atoms with Crippen LogP contribution >= 0.6 is 0 Å². The average Bonchev–Trinajstić information content (AvgIpc) is 2.21. The lowest BCUT2D eigenvalue weighted by Crippen LogP contribution is -2.46. The van der Waals surface area contributed by atoms with Gasteiger partial charge in [-0.25, -0.2) is 18.0 Å². The van der Waals surface area contributed by atoms with Crippen LogP contribution in [-0.4, -0.2) is 50.1 Å². The molecule has 0 saturated heterocycles. The van der Waals surface area contributed by atoms with E-state index in [0.717, 1.165) is 12.7 Å². The number of amides is 2. The topological polar surface area (TPSA) is 113 Å². The third kappa shape index (κ3) is 8.80. The largest absolute Gasteiger partial charge is 0.480 e. The average molecular weight is 280 g/mol. The molecule has 0 heterocycles. The van der Waals surface area contributed by atoms with Crippen molar-refractivity contribution in [2.24, 2.45) is 0 Å². The standard InChI is InChI=1S/C10H20N2O5S/c1-3-4-5-8(9(13)14)12-10(15)11-6-7-18(2,16)17/h8H,3-7H2,1-2H3,(H,13,14)(H2,11,12,15).